The molecule has 0 aromatic rings. The smallest absolute Gasteiger partial charge is 0.218 e. The number of amides is 1. The fourth-order valence-corrected chi connectivity index (χ4v) is 3.17. The van der Waals surface area contributed by atoms with Crippen molar-refractivity contribution in [1.82, 2.24) is 5.32 Å². The first-order chi connectivity index (χ1) is 9.96. The van der Waals surface area contributed by atoms with Crippen molar-refractivity contribution >= 4 is 14.2 Å². The molecule has 0 saturated heterocycles. The summed E-state index contributed by atoms with van der Waals surface area (Å²) in [5.41, 5.74) is 0. The zero-order chi connectivity index (χ0) is 17.6. The summed E-state index contributed by atoms with van der Waals surface area (Å²) in [5.74, 6) is -0.827. The summed E-state index contributed by atoms with van der Waals surface area (Å²) in [6.07, 6.45) is 0.538. The Labute approximate surface area is 135 Å². The van der Waals surface area contributed by atoms with E-state index in [1.807, 2.05) is 6.92 Å². The highest BCUT2D eigenvalue weighted by Gasteiger charge is 2.41. The molecule has 126 valence electrons. The Kier molecular flexibility index (Phi) is 8.02. The van der Waals surface area contributed by atoms with Gasteiger partial charge in [-0.2, -0.15) is 5.26 Å². The third-order valence-electron chi connectivity index (χ3n) is 4.01. The highest BCUT2D eigenvalue weighted by Crippen LogP contribution is 2.38. The quantitative estimate of drug-likeness (QED) is 0.422. The number of ether oxygens (including phenoxy) is 1. The van der Waals surface area contributed by atoms with E-state index in [1.54, 1.807) is 6.08 Å². The number of nitrogens with zero attached hydrogens (tertiary/aromatic N) is 1. The first-order valence-corrected chi connectivity index (χ1v) is 10.4. The first kappa shape index (κ1) is 20.8. The minimum Gasteiger partial charge on any atom is -0.413 e. The van der Waals surface area contributed by atoms with Crippen molar-refractivity contribution in [2.75, 3.05) is 6.61 Å². The average molecular weight is 327 g/mol. The maximum absolute atomic E-state index is 11.3. The molecule has 0 bridgehead atoms. The summed E-state index contributed by atoms with van der Waals surface area (Å²) in [5, 5.41) is 12.2. The predicted octanol–water partition coefficient (Wildman–Crippen LogP) is 3.20. The summed E-state index contributed by atoms with van der Waals surface area (Å²) in [6.45, 7) is 17.8. The summed E-state index contributed by atoms with van der Waals surface area (Å²) in [7, 11) is -2.00. The lowest BCUT2D eigenvalue weighted by molar-refractivity contribution is -0.125. The van der Waals surface area contributed by atoms with Crippen LogP contribution in [0.25, 0.3) is 0 Å². The molecule has 0 fully saturated rings. The molecule has 0 unspecified atom stereocenters. The van der Waals surface area contributed by atoms with Crippen molar-refractivity contribution < 1.29 is 14.0 Å². The minimum atomic E-state index is -2.00. The van der Waals surface area contributed by atoms with Crippen molar-refractivity contribution in [3.63, 3.8) is 0 Å². The Morgan fingerprint density at radius 2 is 2.00 bits per heavy atom. The van der Waals surface area contributed by atoms with Gasteiger partial charge in [0.05, 0.1) is 18.8 Å². The summed E-state index contributed by atoms with van der Waals surface area (Å²) < 4.78 is 11.8. The fraction of sp³-hybridized carbons (Fsp3) is 0.750. The van der Waals surface area contributed by atoms with E-state index < -0.39 is 20.5 Å². The molecule has 0 aromatic heterocycles. The number of nitriles is 1. The van der Waals surface area contributed by atoms with E-state index in [1.165, 1.54) is 6.92 Å². The predicted molar refractivity (Wildman–Crippen MR) is 90.6 cm³/mol. The Morgan fingerprint density at radius 1 is 1.45 bits per heavy atom. The molecule has 5 nitrogen and oxygen atoms in total. The third kappa shape index (κ3) is 6.30. The molecule has 6 heteroatoms. The summed E-state index contributed by atoms with van der Waals surface area (Å²) in [4.78, 5) is 11.3. The monoisotopic (exact) mass is 326 g/mol. The van der Waals surface area contributed by atoms with Crippen LogP contribution in [0.3, 0.4) is 0 Å². The maximum Gasteiger partial charge on any atom is 0.218 e. The van der Waals surface area contributed by atoms with E-state index in [9.17, 15) is 10.1 Å². The van der Waals surface area contributed by atoms with Crippen LogP contribution in [0.4, 0.5) is 0 Å². The van der Waals surface area contributed by atoms with Crippen LogP contribution in [-0.4, -0.2) is 33.2 Å². The summed E-state index contributed by atoms with van der Waals surface area (Å²) in [6, 6.07) is 2.21. The zero-order valence-electron chi connectivity index (χ0n) is 14.9. The van der Waals surface area contributed by atoms with Crippen LogP contribution >= 0.6 is 0 Å². The highest BCUT2D eigenvalue weighted by molar-refractivity contribution is 6.74. The van der Waals surface area contributed by atoms with Crippen LogP contribution in [0.2, 0.25) is 18.1 Å². The second kappa shape index (κ2) is 8.46. The standard InChI is InChI=1S/C16H30N2O3Si/c1-9-10-20-15(18-13(3)19)14(11-17)12(2)21-22(7,8)16(4,5)6/h9,12,14-15H,1,10H2,2-8H3,(H,18,19)/t12-,14-,15+/m1/s1. The lowest BCUT2D eigenvalue weighted by Gasteiger charge is -2.40. The number of nitrogens with one attached hydrogen (secondary N) is 1. The van der Waals surface area contributed by atoms with Gasteiger partial charge in [0.25, 0.3) is 0 Å². The number of carbonyl (C=O) groups is 1. The van der Waals surface area contributed by atoms with Gasteiger partial charge >= 0.3 is 0 Å². The molecule has 0 aliphatic heterocycles. The van der Waals surface area contributed by atoms with Crippen molar-refractivity contribution in [2.24, 2.45) is 5.92 Å². The Hall–Kier alpha value is -1.16. The summed E-state index contributed by atoms with van der Waals surface area (Å²) >= 11 is 0. The number of carbonyl (C=O) groups excluding carboxylic acids is 1. The van der Waals surface area contributed by atoms with Crippen LogP contribution in [0, 0.1) is 17.2 Å². The minimum absolute atomic E-state index is 0.0484. The number of hydrogen-bond donors (Lipinski definition) is 1. The lowest BCUT2D eigenvalue weighted by atomic mass is 10.0. The Balaban J connectivity index is 5.14. The molecule has 0 heterocycles. The molecule has 0 aliphatic rings. The van der Waals surface area contributed by atoms with E-state index in [0.717, 1.165) is 0 Å². The molecule has 1 N–H and O–H groups in total. The molecule has 0 spiro atoms. The SMILES string of the molecule is C=CCO[C@H](NC(C)=O)[C@H](C#N)[C@@H](C)O[Si](C)(C)C(C)(C)C. The molecular formula is C16H30N2O3Si. The van der Waals surface area contributed by atoms with Crippen molar-refractivity contribution in [2.45, 2.75) is 65.1 Å². The average Bonchev–Trinajstić information content (AvgIpc) is 2.33. The second-order valence-corrected chi connectivity index (χ2v) is 11.7. The van der Waals surface area contributed by atoms with Crippen LogP contribution in [0.15, 0.2) is 12.7 Å². The van der Waals surface area contributed by atoms with Crippen LogP contribution in [0.1, 0.15) is 34.6 Å². The third-order valence-corrected chi connectivity index (χ3v) is 8.58. The maximum atomic E-state index is 11.3. The zero-order valence-corrected chi connectivity index (χ0v) is 15.9. The van der Waals surface area contributed by atoms with Gasteiger partial charge in [-0.15, -0.1) is 6.58 Å². The van der Waals surface area contributed by atoms with Gasteiger partial charge in [-0.25, -0.2) is 0 Å². The molecule has 0 aliphatic carbocycles. The van der Waals surface area contributed by atoms with Gasteiger partial charge in [0.15, 0.2) is 8.32 Å². The van der Waals surface area contributed by atoms with Crippen LogP contribution in [0.5, 0.6) is 0 Å². The Morgan fingerprint density at radius 3 is 2.36 bits per heavy atom. The Bertz CT molecular complexity index is 424. The van der Waals surface area contributed by atoms with Crippen molar-refractivity contribution in [3.05, 3.63) is 12.7 Å². The van der Waals surface area contributed by atoms with Crippen LogP contribution < -0.4 is 5.32 Å². The molecule has 0 aromatic carbocycles. The fourth-order valence-electron chi connectivity index (χ4n) is 1.74. The first-order valence-electron chi connectivity index (χ1n) is 7.53. The molecule has 0 radical (unpaired) electrons. The lowest BCUT2D eigenvalue weighted by Crippen LogP contribution is -2.50. The van der Waals surface area contributed by atoms with Gasteiger partial charge in [-0.05, 0) is 25.1 Å². The van der Waals surface area contributed by atoms with E-state index >= 15 is 0 Å². The van der Waals surface area contributed by atoms with E-state index in [4.69, 9.17) is 9.16 Å². The van der Waals surface area contributed by atoms with Crippen LogP contribution in [-0.2, 0) is 14.0 Å². The number of rotatable bonds is 8. The van der Waals surface area contributed by atoms with Crippen molar-refractivity contribution in [3.8, 4) is 6.07 Å². The van der Waals surface area contributed by atoms with Gasteiger partial charge in [0.2, 0.25) is 5.91 Å². The largest absolute Gasteiger partial charge is 0.413 e. The number of hydrogen-bond acceptors (Lipinski definition) is 4. The van der Waals surface area contributed by atoms with E-state index in [-0.39, 0.29) is 23.7 Å². The molecule has 0 rings (SSSR count). The highest BCUT2D eigenvalue weighted by atomic mass is 28.4. The van der Waals surface area contributed by atoms with Gasteiger partial charge in [-0.3, -0.25) is 4.79 Å². The molecule has 1 amide bonds. The van der Waals surface area contributed by atoms with Gasteiger partial charge in [0, 0.05) is 6.92 Å². The molecular weight excluding hydrogens is 296 g/mol. The van der Waals surface area contributed by atoms with Gasteiger partial charge in [-0.1, -0.05) is 26.8 Å². The normalized spacial score (nSPS) is 16.3. The van der Waals surface area contributed by atoms with Gasteiger partial charge < -0.3 is 14.5 Å². The second-order valence-electron chi connectivity index (χ2n) is 6.98. The molecule has 22 heavy (non-hydrogen) atoms. The van der Waals surface area contributed by atoms with Crippen molar-refractivity contribution in [1.29, 1.82) is 5.26 Å². The van der Waals surface area contributed by atoms with E-state index in [0.29, 0.717) is 0 Å². The molecule has 3 atom stereocenters. The van der Waals surface area contributed by atoms with Gasteiger partial charge in [0.1, 0.15) is 12.1 Å². The topological polar surface area (TPSA) is 71.3 Å². The molecule has 0 saturated carbocycles. The van der Waals surface area contributed by atoms with E-state index in [2.05, 4.69) is 51.8 Å².